The average molecular weight is 751 g/mol. The molecule has 0 radical (unpaired) electrons. The Bertz CT molecular complexity index is 4600. The van der Waals surface area contributed by atoms with E-state index >= 15 is 0 Å². The monoisotopic (exact) mass is 750 g/mol. The second-order valence-electron chi connectivity index (χ2n) is 12.8. The third-order valence-corrected chi connectivity index (χ3v) is 9.76. The summed E-state index contributed by atoms with van der Waals surface area (Å²) in [6, 6.07) is 2.59. The number of aromatic nitrogens is 5. The molecule has 4 heterocycles. The molecule has 0 aliphatic heterocycles. The van der Waals surface area contributed by atoms with E-state index in [9.17, 15) is 8.22 Å². The van der Waals surface area contributed by atoms with Crippen molar-refractivity contribution in [2.24, 2.45) is 0 Å². The molecule has 8 aromatic carbocycles. The lowest BCUT2D eigenvalue weighted by molar-refractivity contribution is 0.666. The molecule has 6 nitrogen and oxygen atoms in total. The Morgan fingerprint density at radius 1 is 0.421 bits per heavy atom. The minimum atomic E-state index is -0.752. The molecule has 0 aliphatic rings. The minimum Gasteiger partial charge on any atom is -0.454 e. The Morgan fingerprint density at radius 2 is 0.982 bits per heavy atom. The highest BCUT2D eigenvalue weighted by Gasteiger charge is 2.25. The molecular formula is C51H31N5O. The predicted molar refractivity (Wildman–Crippen MR) is 232 cm³/mol. The normalized spacial score (nSPS) is 17.0. The first kappa shape index (κ1) is 17.3. The maximum atomic E-state index is 9.70. The fourth-order valence-corrected chi connectivity index (χ4v) is 7.41. The summed E-state index contributed by atoms with van der Waals surface area (Å²) in [4.78, 5) is 14.0. The molecule has 0 aliphatic carbocycles. The molecule has 266 valence electrons. The van der Waals surface area contributed by atoms with Crippen LogP contribution in [0, 0.1) is 0 Å². The Labute approximate surface area is 356 Å². The van der Waals surface area contributed by atoms with Crippen molar-refractivity contribution in [2.75, 3.05) is 0 Å². The van der Waals surface area contributed by atoms with Crippen molar-refractivity contribution in [1.29, 1.82) is 0 Å². The second kappa shape index (κ2) is 12.3. The molecular weight excluding hydrogens is 699 g/mol. The van der Waals surface area contributed by atoms with Crippen molar-refractivity contribution in [2.45, 2.75) is 0 Å². The highest BCUT2D eigenvalue weighted by molar-refractivity contribution is 6.24. The third-order valence-electron chi connectivity index (χ3n) is 9.76. The lowest BCUT2D eigenvalue weighted by Gasteiger charge is -2.13. The second-order valence-corrected chi connectivity index (χ2v) is 12.8. The van der Waals surface area contributed by atoms with E-state index in [1.54, 1.807) is 65.2 Å². The van der Waals surface area contributed by atoms with Gasteiger partial charge in [-0.1, -0.05) is 157 Å². The predicted octanol–water partition coefficient (Wildman–Crippen LogP) is 13.0. The van der Waals surface area contributed by atoms with E-state index in [1.807, 2.05) is 0 Å². The third kappa shape index (κ3) is 4.81. The van der Waals surface area contributed by atoms with Gasteiger partial charge in [-0.2, -0.15) is 9.97 Å². The summed E-state index contributed by atoms with van der Waals surface area (Å²) in [5, 5.41) is 1.58. The summed E-state index contributed by atoms with van der Waals surface area (Å²) < 4.78 is 195. The first-order valence-electron chi connectivity index (χ1n) is 27.9. The molecule has 0 unspecified atom stereocenters. The fraction of sp³-hybridized carbons (Fsp3) is 0. The first-order chi connectivity index (χ1) is 37.0. The molecule has 0 saturated carbocycles. The van der Waals surface area contributed by atoms with E-state index in [1.165, 1.54) is 4.57 Å². The van der Waals surface area contributed by atoms with Gasteiger partial charge in [0.25, 0.3) is 0 Å². The Morgan fingerprint density at radius 3 is 1.61 bits per heavy atom. The van der Waals surface area contributed by atoms with Gasteiger partial charge in [0.1, 0.15) is 5.58 Å². The largest absolute Gasteiger partial charge is 0.454 e. The highest BCUT2D eigenvalue weighted by Crippen LogP contribution is 2.44. The van der Waals surface area contributed by atoms with E-state index in [2.05, 4.69) is 4.98 Å². The fourth-order valence-electron chi connectivity index (χ4n) is 7.41. The Kier molecular flexibility index (Phi) is 3.75. The number of hydrogen-bond acceptors (Lipinski definition) is 4. The molecule has 0 bridgehead atoms. The van der Waals surface area contributed by atoms with Crippen LogP contribution < -0.4 is 0 Å². The average Bonchev–Trinajstić information content (AvgIpc) is 3.85. The van der Waals surface area contributed by atoms with Gasteiger partial charge < -0.3 is 8.98 Å². The molecule has 12 rings (SSSR count). The van der Waals surface area contributed by atoms with Crippen molar-refractivity contribution < 1.29 is 33.2 Å². The Hall–Kier alpha value is -7.83. The van der Waals surface area contributed by atoms with Gasteiger partial charge in [0, 0.05) is 43.4 Å². The molecule has 57 heavy (non-hydrogen) atoms. The van der Waals surface area contributed by atoms with Crippen LogP contribution in [0.1, 0.15) is 28.8 Å². The number of rotatable bonds is 5. The van der Waals surface area contributed by atoms with Gasteiger partial charge in [0.05, 0.1) is 56.5 Å². The summed E-state index contributed by atoms with van der Waals surface area (Å²) in [7, 11) is 0. The quantitative estimate of drug-likeness (QED) is 0.176. The molecule has 0 atom stereocenters. The summed E-state index contributed by atoms with van der Waals surface area (Å²) in [6.45, 7) is 0. The number of para-hydroxylation sites is 3. The number of nitrogens with zero attached hydrogens (tertiary/aromatic N) is 5. The van der Waals surface area contributed by atoms with Crippen molar-refractivity contribution >= 4 is 65.6 Å². The molecule has 12 aromatic rings. The van der Waals surface area contributed by atoms with Gasteiger partial charge in [0.2, 0.25) is 5.95 Å². The number of benzene rings is 8. The highest BCUT2D eigenvalue weighted by atomic mass is 16.3. The van der Waals surface area contributed by atoms with E-state index in [0.717, 1.165) is 0 Å². The zero-order valence-corrected chi connectivity index (χ0v) is 28.9. The molecule has 0 fully saturated rings. The number of hydrogen-bond donors (Lipinski definition) is 0. The van der Waals surface area contributed by atoms with Crippen molar-refractivity contribution in [3.8, 4) is 45.5 Å². The maximum Gasteiger partial charge on any atom is 0.238 e. The summed E-state index contributed by atoms with van der Waals surface area (Å²) in [5.74, 6) is -1.41. The molecule has 6 heteroatoms. The van der Waals surface area contributed by atoms with Gasteiger partial charge in [-0.15, -0.1) is 0 Å². The first-order valence-corrected chi connectivity index (χ1v) is 17.4. The van der Waals surface area contributed by atoms with Crippen LogP contribution in [0.4, 0.5) is 0 Å². The van der Waals surface area contributed by atoms with Gasteiger partial charge in [-0.3, -0.25) is 4.57 Å². The van der Waals surface area contributed by atoms with Crippen molar-refractivity contribution in [3.05, 3.63) is 188 Å². The van der Waals surface area contributed by atoms with E-state index < -0.39 is 166 Å². The van der Waals surface area contributed by atoms with Crippen LogP contribution in [0.5, 0.6) is 0 Å². The number of fused-ring (bicyclic) bond motifs is 10. The molecule has 4 aromatic heterocycles. The van der Waals surface area contributed by atoms with Crippen LogP contribution in [-0.2, 0) is 0 Å². The van der Waals surface area contributed by atoms with Crippen molar-refractivity contribution in [3.63, 3.8) is 0 Å². The van der Waals surface area contributed by atoms with Gasteiger partial charge in [0.15, 0.2) is 17.2 Å². The summed E-state index contributed by atoms with van der Waals surface area (Å²) in [6.07, 6.45) is 0. The van der Waals surface area contributed by atoms with Crippen LogP contribution in [0.3, 0.4) is 0 Å². The summed E-state index contributed by atoms with van der Waals surface area (Å²) >= 11 is 0. The van der Waals surface area contributed by atoms with Crippen molar-refractivity contribution in [1.82, 2.24) is 24.1 Å². The van der Waals surface area contributed by atoms with Crippen LogP contribution in [0.2, 0.25) is 0 Å². The van der Waals surface area contributed by atoms with Crippen LogP contribution >= 0.6 is 0 Å². The van der Waals surface area contributed by atoms with Crippen LogP contribution in [0.25, 0.3) is 111 Å². The smallest absolute Gasteiger partial charge is 0.238 e. The van der Waals surface area contributed by atoms with Gasteiger partial charge >= 0.3 is 0 Å². The van der Waals surface area contributed by atoms with Gasteiger partial charge in [-0.05, 0) is 41.4 Å². The molecule has 0 spiro atoms. The molecule has 0 saturated heterocycles. The topological polar surface area (TPSA) is 61.7 Å². The zero-order valence-electron chi connectivity index (χ0n) is 49.9. The lowest BCUT2D eigenvalue weighted by Crippen LogP contribution is -2.07. The Balaban J connectivity index is 1.27. The standard InChI is InChI=1S/C51H31N5O/c1-4-15-32(16-5-1)35-27-28-38-41-23-14-26-44(48(41)57-45(38)31-35)55-42-24-12-10-21-36(42)39-29-30-40-37-22-11-13-25-43(37)56(47(40)46(39)55)51-53-49(33-17-6-2-7-18-33)52-50(54-51)34-19-8-3-9-20-34/h1-31H/i1D,2D,3D,4D,5D,6D,7D,8D,9D,14D,15D,16D,17D,18D,19D,20D,23D,26D,27D,28D,31D. The SMILES string of the molecule is [2H]c1c([2H])c([2H])c(-c2nc(-c3c([2H])c([2H])c([2H])c([2H])c3[2H])nc(-n3c4ccccc4c4ccc5c6ccccc6n(-c6c([2H])c([2H])c([2H])c7c6oc6c([2H])c(-c8c([2H])c([2H])c([2H])c([2H])c8[2H])c([2H])c([2H])c67)c5c43)n2)c([2H])c1[2H]. The lowest BCUT2D eigenvalue weighted by atomic mass is 10.0. The maximum absolute atomic E-state index is 9.70. The van der Waals surface area contributed by atoms with Crippen LogP contribution in [0.15, 0.2) is 192 Å². The van der Waals surface area contributed by atoms with E-state index in [4.69, 9.17) is 34.9 Å². The summed E-state index contributed by atoms with van der Waals surface area (Å²) in [5.41, 5.74) is -1.74. The van der Waals surface area contributed by atoms with E-state index in [0.29, 0.717) is 32.6 Å². The van der Waals surface area contributed by atoms with Gasteiger partial charge in [-0.25, -0.2) is 4.98 Å². The molecule has 0 N–H and O–H groups in total. The minimum absolute atomic E-state index is 0.192. The zero-order chi connectivity index (χ0) is 55.7. The van der Waals surface area contributed by atoms with E-state index in [-0.39, 0.29) is 39.0 Å². The number of furan rings is 1. The molecule has 0 amide bonds. The van der Waals surface area contributed by atoms with Crippen LogP contribution in [-0.4, -0.2) is 24.1 Å².